The number of benzene rings is 1. The molecular weight excluding hydrogens is 468 g/mol. The van der Waals surface area contributed by atoms with Gasteiger partial charge in [-0.1, -0.05) is 40.0 Å². The molecule has 11 heteroatoms. The molecule has 4 rings (SSSR count). The molecule has 2 aromatic heterocycles. The third kappa shape index (κ3) is 3.10. The number of hydrogen-bond acceptors (Lipinski definition) is 3. The molecule has 0 fully saturated rings. The van der Waals surface area contributed by atoms with E-state index in [4.69, 9.17) is 39.6 Å². The molecule has 0 aliphatic carbocycles. The highest BCUT2D eigenvalue weighted by atomic mass is 35.5. The van der Waals surface area contributed by atoms with Crippen LogP contribution in [0.2, 0.25) is 15.1 Å². The Bertz CT molecular complexity index is 1200. The lowest BCUT2D eigenvalue weighted by Crippen LogP contribution is -2.42. The first kappa shape index (κ1) is 20.8. The van der Waals surface area contributed by atoms with E-state index in [1.165, 1.54) is 22.7 Å². The average molecular weight is 478 g/mol. The zero-order valence-electron chi connectivity index (χ0n) is 14.7. The maximum atomic E-state index is 14.2. The Kier molecular flexibility index (Phi) is 4.91. The van der Waals surface area contributed by atoms with Gasteiger partial charge < -0.3 is 14.3 Å². The molecule has 5 nitrogen and oxygen atoms in total. The monoisotopic (exact) mass is 476 g/mol. The Labute approximate surface area is 182 Å². The van der Waals surface area contributed by atoms with Gasteiger partial charge in [0, 0.05) is 17.3 Å². The molecule has 1 aromatic carbocycles. The molecule has 30 heavy (non-hydrogen) atoms. The number of nitrogens with zero attached hydrogens (tertiary/aromatic N) is 2. The van der Waals surface area contributed by atoms with Crippen LogP contribution in [0.1, 0.15) is 28.0 Å². The van der Waals surface area contributed by atoms with E-state index in [1.54, 1.807) is 12.1 Å². The summed E-state index contributed by atoms with van der Waals surface area (Å²) in [6.45, 7) is 0. The van der Waals surface area contributed by atoms with Crippen LogP contribution in [-0.2, 0) is 10.4 Å². The SMILES string of the molecule is O=C(O)c1ccc(C2=NOC(c3cc(Cl)c(Cl)c(Cl)c3)(C(F)(F)F)C2)c2cccn12. The number of carboxylic acids is 1. The number of carbonyl (C=O) groups is 1. The Balaban J connectivity index is 1.83. The Morgan fingerprint density at radius 3 is 2.43 bits per heavy atom. The van der Waals surface area contributed by atoms with Crippen molar-refractivity contribution in [2.75, 3.05) is 0 Å². The van der Waals surface area contributed by atoms with Gasteiger partial charge in [-0.25, -0.2) is 4.79 Å². The highest BCUT2D eigenvalue weighted by Gasteiger charge is 2.62. The number of aromatic carboxylic acids is 1. The summed E-state index contributed by atoms with van der Waals surface area (Å²) in [5, 5.41) is 12.6. The number of aromatic nitrogens is 1. The summed E-state index contributed by atoms with van der Waals surface area (Å²) in [6.07, 6.45) is -4.04. The summed E-state index contributed by atoms with van der Waals surface area (Å²) in [5.74, 6) is -1.18. The van der Waals surface area contributed by atoms with Crippen molar-refractivity contribution in [2.45, 2.75) is 18.2 Å². The largest absolute Gasteiger partial charge is 0.477 e. The molecule has 3 heterocycles. The summed E-state index contributed by atoms with van der Waals surface area (Å²) in [4.78, 5) is 16.4. The first-order valence-corrected chi connectivity index (χ1v) is 9.49. The van der Waals surface area contributed by atoms with Crippen molar-refractivity contribution < 1.29 is 27.9 Å². The number of rotatable bonds is 3. The number of oxime groups is 1. The van der Waals surface area contributed by atoms with Crippen LogP contribution >= 0.6 is 34.8 Å². The van der Waals surface area contributed by atoms with Crippen LogP contribution in [0.3, 0.4) is 0 Å². The topological polar surface area (TPSA) is 63.3 Å². The third-order valence-corrected chi connectivity index (χ3v) is 6.06. The molecule has 0 amide bonds. The lowest BCUT2D eigenvalue weighted by molar-refractivity contribution is -0.275. The van der Waals surface area contributed by atoms with Gasteiger partial charge >= 0.3 is 12.1 Å². The summed E-state index contributed by atoms with van der Waals surface area (Å²) < 4.78 is 43.9. The standard InChI is InChI=1S/C19H10Cl3F3N2O3/c20-11-6-9(7-12(21)16(11)22)18(19(23,24)25)8-13(26-30-18)10-3-4-15(17(28)29)27-5-1-2-14(10)27/h1-7H,8H2,(H,28,29). The highest BCUT2D eigenvalue weighted by Crippen LogP contribution is 2.50. The van der Waals surface area contributed by atoms with Gasteiger partial charge in [0.2, 0.25) is 0 Å². The fraction of sp³-hybridized carbons (Fsp3) is 0.158. The van der Waals surface area contributed by atoms with Crippen molar-refractivity contribution >= 4 is 52.0 Å². The number of carboxylic acid groups (broad SMARTS) is 1. The normalized spacial score (nSPS) is 19.1. The van der Waals surface area contributed by atoms with Crippen LogP contribution in [0.25, 0.3) is 5.52 Å². The van der Waals surface area contributed by atoms with E-state index < -0.39 is 24.2 Å². The van der Waals surface area contributed by atoms with Crippen molar-refractivity contribution in [2.24, 2.45) is 5.16 Å². The quantitative estimate of drug-likeness (QED) is 0.458. The second-order valence-electron chi connectivity index (χ2n) is 6.59. The van der Waals surface area contributed by atoms with Crippen LogP contribution in [0.4, 0.5) is 13.2 Å². The molecule has 1 unspecified atom stereocenters. The van der Waals surface area contributed by atoms with Crippen molar-refractivity contribution in [3.63, 3.8) is 0 Å². The van der Waals surface area contributed by atoms with Gasteiger partial charge in [0.15, 0.2) is 0 Å². The van der Waals surface area contributed by atoms with Gasteiger partial charge in [-0.05, 0) is 36.4 Å². The van der Waals surface area contributed by atoms with Gasteiger partial charge in [-0.2, -0.15) is 13.2 Å². The Morgan fingerprint density at radius 1 is 1.17 bits per heavy atom. The molecule has 1 atom stereocenters. The zero-order chi connectivity index (χ0) is 21.8. The number of alkyl halides is 3. The highest BCUT2D eigenvalue weighted by molar-refractivity contribution is 6.48. The number of hydrogen-bond donors (Lipinski definition) is 1. The molecular formula is C19H10Cl3F3N2O3. The summed E-state index contributed by atoms with van der Waals surface area (Å²) >= 11 is 17.7. The molecule has 1 aliphatic rings. The molecule has 0 radical (unpaired) electrons. The van der Waals surface area contributed by atoms with E-state index >= 15 is 0 Å². The van der Waals surface area contributed by atoms with Gasteiger partial charge in [-0.15, -0.1) is 0 Å². The fourth-order valence-electron chi connectivity index (χ4n) is 3.39. The van der Waals surface area contributed by atoms with E-state index in [9.17, 15) is 23.1 Å². The van der Waals surface area contributed by atoms with Crippen molar-refractivity contribution in [1.29, 1.82) is 0 Å². The summed E-state index contributed by atoms with van der Waals surface area (Å²) in [6, 6.07) is 7.93. The maximum Gasteiger partial charge on any atom is 0.435 e. The molecule has 1 aliphatic heterocycles. The van der Waals surface area contributed by atoms with E-state index in [0.717, 1.165) is 12.1 Å². The van der Waals surface area contributed by atoms with Crippen molar-refractivity contribution in [3.8, 4) is 0 Å². The number of pyridine rings is 1. The van der Waals surface area contributed by atoms with Gasteiger partial charge in [0.05, 0.1) is 32.7 Å². The molecule has 0 saturated carbocycles. The molecule has 3 aromatic rings. The average Bonchev–Trinajstić information content (AvgIpc) is 3.32. The zero-order valence-corrected chi connectivity index (χ0v) is 16.9. The van der Waals surface area contributed by atoms with E-state index in [-0.39, 0.29) is 32.0 Å². The van der Waals surface area contributed by atoms with E-state index in [1.807, 2.05) is 0 Å². The van der Waals surface area contributed by atoms with Gasteiger partial charge in [0.25, 0.3) is 5.60 Å². The fourth-order valence-corrected chi connectivity index (χ4v) is 3.99. The minimum absolute atomic E-state index is 0.00448. The Hall–Kier alpha value is -2.42. The van der Waals surface area contributed by atoms with E-state index in [2.05, 4.69) is 5.16 Å². The summed E-state index contributed by atoms with van der Waals surface area (Å²) in [5.41, 5.74) is -2.53. The summed E-state index contributed by atoms with van der Waals surface area (Å²) in [7, 11) is 0. The second-order valence-corrected chi connectivity index (χ2v) is 7.78. The lowest BCUT2D eigenvalue weighted by Gasteiger charge is -2.30. The number of halogens is 6. The minimum atomic E-state index is -4.86. The lowest BCUT2D eigenvalue weighted by atomic mass is 9.86. The third-order valence-electron chi connectivity index (χ3n) is 4.86. The second kappa shape index (κ2) is 7.08. The predicted molar refractivity (Wildman–Crippen MR) is 106 cm³/mol. The smallest absolute Gasteiger partial charge is 0.435 e. The molecule has 1 N–H and O–H groups in total. The van der Waals surface area contributed by atoms with Crippen LogP contribution in [0, 0.1) is 0 Å². The van der Waals surface area contributed by atoms with Gasteiger partial charge in [-0.3, -0.25) is 0 Å². The van der Waals surface area contributed by atoms with Crippen LogP contribution < -0.4 is 0 Å². The first-order valence-electron chi connectivity index (χ1n) is 8.36. The van der Waals surface area contributed by atoms with Crippen LogP contribution in [0.5, 0.6) is 0 Å². The van der Waals surface area contributed by atoms with Gasteiger partial charge in [0.1, 0.15) is 5.69 Å². The number of fused-ring (bicyclic) bond motifs is 1. The Morgan fingerprint density at radius 2 is 1.83 bits per heavy atom. The van der Waals surface area contributed by atoms with Crippen LogP contribution in [0.15, 0.2) is 47.8 Å². The van der Waals surface area contributed by atoms with Crippen molar-refractivity contribution in [1.82, 2.24) is 4.40 Å². The van der Waals surface area contributed by atoms with Crippen molar-refractivity contribution in [3.05, 3.63) is 74.5 Å². The predicted octanol–water partition coefficient (Wildman–Crippen LogP) is 6.18. The van der Waals surface area contributed by atoms with E-state index in [0.29, 0.717) is 11.1 Å². The molecule has 0 spiro atoms. The van der Waals surface area contributed by atoms with Crippen LogP contribution in [-0.4, -0.2) is 27.4 Å². The molecule has 156 valence electrons. The minimum Gasteiger partial charge on any atom is -0.477 e. The molecule has 0 bridgehead atoms. The maximum absolute atomic E-state index is 14.2. The first-order chi connectivity index (χ1) is 14.0. The molecule has 0 saturated heterocycles.